The van der Waals surface area contributed by atoms with Crippen LogP contribution in [0.3, 0.4) is 0 Å². The summed E-state index contributed by atoms with van der Waals surface area (Å²) in [6.07, 6.45) is 6.66. The normalized spacial score (nSPS) is 22.4. The summed E-state index contributed by atoms with van der Waals surface area (Å²) in [7, 11) is 0. The van der Waals surface area contributed by atoms with E-state index in [0.29, 0.717) is 12.5 Å². The van der Waals surface area contributed by atoms with E-state index in [1.165, 1.54) is 25.7 Å². The molecule has 0 aliphatic carbocycles. The zero-order valence-electron chi connectivity index (χ0n) is 12.1. The Morgan fingerprint density at radius 1 is 1.35 bits per heavy atom. The van der Waals surface area contributed by atoms with Gasteiger partial charge in [-0.05, 0) is 37.0 Å². The number of fused-ring (bicyclic) bond motifs is 1. The van der Waals surface area contributed by atoms with Gasteiger partial charge in [0.2, 0.25) is 5.91 Å². The first-order valence-corrected chi connectivity index (χ1v) is 7.68. The molecule has 2 aliphatic heterocycles. The highest BCUT2D eigenvalue weighted by atomic mass is 16.1. The van der Waals surface area contributed by atoms with Crippen LogP contribution in [-0.4, -0.2) is 18.5 Å². The fraction of sp³-hybridized carbons (Fsp3) is 0.562. The van der Waals surface area contributed by atoms with Crippen molar-refractivity contribution in [1.29, 1.82) is 0 Å². The Morgan fingerprint density at radius 2 is 2.20 bits per heavy atom. The zero-order valence-corrected chi connectivity index (χ0v) is 12.1. The SMILES string of the molecule is CCC1CCCCCN1c1cc2c(cc1N)CC(=O)N2. The van der Waals surface area contributed by atoms with Gasteiger partial charge in [-0.1, -0.05) is 19.8 Å². The van der Waals surface area contributed by atoms with Crippen LogP contribution in [-0.2, 0) is 11.2 Å². The molecule has 3 rings (SSSR count). The number of anilines is 3. The van der Waals surface area contributed by atoms with Gasteiger partial charge in [0.05, 0.1) is 17.8 Å². The molecule has 1 amide bonds. The van der Waals surface area contributed by atoms with Crippen LogP contribution in [0.15, 0.2) is 12.1 Å². The van der Waals surface area contributed by atoms with Crippen LogP contribution in [0.1, 0.15) is 44.6 Å². The van der Waals surface area contributed by atoms with E-state index in [1.54, 1.807) is 0 Å². The van der Waals surface area contributed by atoms with Gasteiger partial charge in [0.15, 0.2) is 0 Å². The minimum absolute atomic E-state index is 0.0689. The van der Waals surface area contributed by atoms with Gasteiger partial charge in [0.1, 0.15) is 0 Å². The third-order valence-corrected chi connectivity index (χ3v) is 4.54. The lowest BCUT2D eigenvalue weighted by molar-refractivity contribution is -0.115. The van der Waals surface area contributed by atoms with Crippen molar-refractivity contribution in [3.63, 3.8) is 0 Å². The third kappa shape index (κ3) is 2.35. The topological polar surface area (TPSA) is 58.4 Å². The lowest BCUT2D eigenvalue weighted by atomic mass is 10.0. The molecule has 0 bridgehead atoms. The molecule has 1 fully saturated rings. The standard InChI is InChI=1S/C16H23N3O/c1-2-12-6-4-3-5-7-19(12)15-10-14-11(8-13(15)17)9-16(20)18-14/h8,10,12H,2-7,9,17H2,1H3,(H,18,20). The van der Waals surface area contributed by atoms with Gasteiger partial charge in [-0.2, -0.15) is 0 Å². The summed E-state index contributed by atoms with van der Waals surface area (Å²) >= 11 is 0. The Balaban J connectivity index is 1.96. The van der Waals surface area contributed by atoms with Gasteiger partial charge in [0.25, 0.3) is 0 Å². The predicted molar refractivity (Wildman–Crippen MR) is 83.1 cm³/mol. The van der Waals surface area contributed by atoms with E-state index in [0.717, 1.165) is 35.6 Å². The molecule has 0 radical (unpaired) electrons. The minimum Gasteiger partial charge on any atom is -0.397 e. The lowest BCUT2D eigenvalue weighted by Crippen LogP contribution is -2.34. The molecular weight excluding hydrogens is 250 g/mol. The van der Waals surface area contributed by atoms with Gasteiger partial charge in [-0.3, -0.25) is 4.79 Å². The Kier molecular flexibility index (Phi) is 3.55. The highest BCUT2D eigenvalue weighted by Gasteiger charge is 2.25. The van der Waals surface area contributed by atoms with Gasteiger partial charge < -0.3 is 16.0 Å². The second-order valence-corrected chi connectivity index (χ2v) is 5.90. The number of benzene rings is 1. The van der Waals surface area contributed by atoms with E-state index in [2.05, 4.69) is 23.2 Å². The van der Waals surface area contributed by atoms with Crippen LogP contribution in [0, 0.1) is 0 Å². The van der Waals surface area contributed by atoms with Gasteiger partial charge in [-0.25, -0.2) is 0 Å². The van der Waals surface area contributed by atoms with E-state index in [-0.39, 0.29) is 5.91 Å². The highest BCUT2D eigenvalue weighted by molar-refractivity contribution is 6.01. The number of nitrogens with two attached hydrogens (primary N) is 1. The maximum atomic E-state index is 11.5. The number of carbonyl (C=O) groups is 1. The summed E-state index contributed by atoms with van der Waals surface area (Å²) in [5.41, 5.74) is 10.1. The highest BCUT2D eigenvalue weighted by Crippen LogP contribution is 2.36. The summed E-state index contributed by atoms with van der Waals surface area (Å²) in [6.45, 7) is 3.31. The molecule has 3 N–H and O–H groups in total. The Labute approximate surface area is 120 Å². The number of hydrogen-bond donors (Lipinski definition) is 2. The van der Waals surface area contributed by atoms with Crippen LogP contribution in [0.4, 0.5) is 17.1 Å². The second-order valence-electron chi connectivity index (χ2n) is 5.90. The van der Waals surface area contributed by atoms with Crippen molar-refractivity contribution in [2.45, 2.75) is 51.5 Å². The van der Waals surface area contributed by atoms with Crippen molar-refractivity contribution in [3.05, 3.63) is 17.7 Å². The zero-order chi connectivity index (χ0) is 14.1. The van der Waals surface area contributed by atoms with Crippen molar-refractivity contribution < 1.29 is 4.79 Å². The monoisotopic (exact) mass is 273 g/mol. The average Bonchev–Trinajstić information content (AvgIpc) is 2.64. The first kappa shape index (κ1) is 13.3. The molecular formula is C16H23N3O. The molecule has 4 nitrogen and oxygen atoms in total. The number of nitrogens with zero attached hydrogens (tertiary/aromatic N) is 1. The number of hydrogen-bond acceptors (Lipinski definition) is 3. The van der Waals surface area contributed by atoms with Crippen LogP contribution in [0.5, 0.6) is 0 Å². The second kappa shape index (κ2) is 5.35. The molecule has 0 saturated carbocycles. The molecule has 0 aromatic heterocycles. The van der Waals surface area contributed by atoms with Gasteiger partial charge in [0, 0.05) is 18.3 Å². The molecule has 108 valence electrons. The van der Waals surface area contributed by atoms with Crippen molar-refractivity contribution >= 4 is 23.0 Å². The van der Waals surface area contributed by atoms with E-state index >= 15 is 0 Å². The predicted octanol–water partition coefficient (Wildman–Crippen LogP) is 2.92. The van der Waals surface area contributed by atoms with E-state index < -0.39 is 0 Å². The maximum Gasteiger partial charge on any atom is 0.228 e. The van der Waals surface area contributed by atoms with Crippen LogP contribution in [0.25, 0.3) is 0 Å². The largest absolute Gasteiger partial charge is 0.397 e. The number of nitrogen functional groups attached to an aromatic ring is 1. The molecule has 1 atom stereocenters. The molecule has 2 heterocycles. The minimum atomic E-state index is 0.0689. The van der Waals surface area contributed by atoms with Crippen molar-refractivity contribution in [2.75, 3.05) is 22.5 Å². The fourth-order valence-corrected chi connectivity index (χ4v) is 3.45. The summed E-state index contributed by atoms with van der Waals surface area (Å²) < 4.78 is 0. The van der Waals surface area contributed by atoms with E-state index in [9.17, 15) is 4.79 Å². The molecule has 1 aromatic carbocycles. The molecule has 2 aliphatic rings. The van der Waals surface area contributed by atoms with E-state index in [4.69, 9.17) is 5.73 Å². The third-order valence-electron chi connectivity index (χ3n) is 4.54. The molecule has 0 spiro atoms. The molecule has 1 unspecified atom stereocenters. The number of carbonyl (C=O) groups excluding carboxylic acids is 1. The lowest BCUT2D eigenvalue weighted by Gasteiger charge is -2.32. The van der Waals surface area contributed by atoms with Crippen molar-refractivity contribution in [1.82, 2.24) is 0 Å². The number of rotatable bonds is 2. The van der Waals surface area contributed by atoms with Gasteiger partial charge >= 0.3 is 0 Å². The smallest absolute Gasteiger partial charge is 0.228 e. The number of amides is 1. The van der Waals surface area contributed by atoms with Crippen LogP contribution >= 0.6 is 0 Å². The summed E-state index contributed by atoms with van der Waals surface area (Å²) in [4.78, 5) is 14.0. The fourth-order valence-electron chi connectivity index (χ4n) is 3.45. The molecule has 1 aromatic rings. The van der Waals surface area contributed by atoms with Gasteiger partial charge in [-0.15, -0.1) is 0 Å². The van der Waals surface area contributed by atoms with Crippen LogP contribution in [0.2, 0.25) is 0 Å². The summed E-state index contributed by atoms with van der Waals surface area (Å²) in [6, 6.07) is 4.61. The maximum absolute atomic E-state index is 11.5. The first-order valence-electron chi connectivity index (χ1n) is 7.68. The first-order chi connectivity index (χ1) is 9.69. The Morgan fingerprint density at radius 3 is 3.00 bits per heavy atom. The molecule has 4 heteroatoms. The quantitative estimate of drug-likeness (QED) is 0.815. The summed E-state index contributed by atoms with van der Waals surface area (Å²) in [5, 5.41) is 2.93. The summed E-state index contributed by atoms with van der Waals surface area (Å²) in [5.74, 6) is 0.0689. The number of nitrogens with one attached hydrogen (secondary N) is 1. The van der Waals surface area contributed by atoms with Crippen LogP contribution < -0.4 is 16.0 Å². The Bertz CT molecular complexity index is 527. The van der Waals surface area contributed by atoms with Crippen molar-refractivity contribution in [2.24, 2.45) is 0 Å². The average molecular weight is 273 g/mol. The molecule has 20 heavy (non-hydrogen) atoms. The molecule has 1 saturated heterocycles. The van der Waals surface area contributed by atoms with Crippen molar-refractivity contribution in [3.8, 4) is 0 Å². The Hall–Kier alpha value is -1.71. The van der Waals surface area contributed by atoms with E-state index in [1.807, 2.05) is 6.07 Å².